The molecule has 2 aliphatic rings. The van der Waals surface area contributed by atoms with Crippen molar-refractivity contribution in [3.8, 4) is 5.75 Å². The molecule has 2 aliphatic heterocycles. The van der Waals surface area contributed by atoms with E-state index in [9.17, 15) is 4.79 Å². The number of nitrogens with one attached hydrogen (secondary N) is 1. The number of aromatic nitrogens is 1. The van der Waals surface area contributed by atoms with Gasteiger partial charge in [-0.2, -0.15) is 0 Å². The second-order valence-corrected chi connectivity index (χ2v) is 7.59. The van der Waals surface area contributed by atoms with Crippen molar-refractivity contribution in [3.63, 3.8) is 0 Å². The lowest BCUT2D eigenvalue weighted by atomic mass is 9.93. The fourth-order valence-corrected chi connectivity index (χ4v) is 4.98. The Kier molecular flexibility index (Phi) is 3.91. The number of ether oxygens (including phenoxy) is 1. The number of nitrogens with zero attached hydrogens (tertiary/aromatic N) is 2. The number of hydrogen-bond acceptors (Lipinski definition) is 3. The van der Waals surface area contributed by atoms with Crippen LogP contribution in [0.3, 0.4) is 0 Å². The van der Waals surface area contributed by atoms with E-state index in [2.05, 4.69) is 28.9 Å². The molecular formula is C22H21N3O2S. The van der Waals surface area contributed by atoms with Crippen LogP contribution in [0.1, 0.15) is 31.1 Å². The van der Waals surface area contributed by atoms with Gasteiger partial charge in [-0.05, 0) is 49.8 Å². The predicted molar refractivity (Wildman–Crippen MR) is 114 cm³/mol. The highest BCUT2D eigenvalue weighted by Gasteiger charge is 2.49. The lowest BCUT2D eigenvalue weighted by Crippen LogP contribution is -2.42. The Balaban J connectivity index is 1.59. The van der Waals surface area contributed by atoms with Gasteiger partial charge in [0.2, 0.25) is 0 Å². The standard InChI is InChI=1S/C22H21N3O2S/c1-3-27-19-11-7-6-10-17(19)25-21(26)18-12-15-14-8-4-5-9-16(14)23-20(15)13(2)24(18)22(25)28/h4-11,13,18,23H,3,12H2,1-2H3/t13-,18-/m1/s1. The predicted octanol–water partition coefficient (Wildman–Crippen LogP) is 4.19. The van der Waals surface area contributed by atoms with Crippen molar-refractivity contribution in [3.05, 3.63) is 59.8 Å². The number of hydrogen-bond donors (Lipinski definition) is 1. The van der Waals surface area contributed by atoms with Gasteiger partial charge >= 0.3 is 0 Å². The van der Waals surface area contributed by atoms with Crippen LogP contribution in [-0.4, -0.2) is 33.6 Å². The van der Waals surface area contributed by atoms with Gasteiger partial charge in [-0.15, -0.1) is 0 Å². The maximum Gasteiger partial charge on any atom is 0.256 e. The van der Waals surface area contributed by atoms with Gasteiger partial charge in [-0.1, -0.05) is 30.3 Å². The van der Waals surface area contributed by atoms with Crippen LogP contribution in [0.15, 0.2) is 48.5 Å². The first-order chi connectivity index (χ1) is 13.6. The first-order valence-corrected chi connectivity index (χ1v) is 10.00. The van der Waals surface area contributed by atoms with E-state index in [1.165, 1.54) is 10.9 Å². The lowest BCUT2D eigenvalue weighted by Gasteiger charge is -2.35. The van der Waals surface area contributed by atoms with E-state index in [1.54, 1.807) is 4.90 Å². The lowest BCUT2D eigenvalue weighted by molar-refractivity contribution is -0.120. The molecule has 2 atom stereocenters. The molecule has 0 radical (unpaired) electrons. The topological polar surface area (TPSA) is 48.6 Å². The minimum absolute atomic E-state index is 0.00172. The number of para-hydroxylation sites is 3. The van der Waals surface area contributed by atoms with Crippen LogP contribution in [0.25, 0.3) is 10.9 Å². The van der Waals surface area contributed by atoms with Gasteiger partial charge in [0, 0.05) is 23.0 Å². The minimum Gasteiger partial charge on any atom is -0.492 e. The van der Waals surface area contributed by atoms with Crippen molar-refractivity contribution in [2.24, 2.45) is 0 Å². The van der Waals surface area contributed by atoms with Gasteiger partial charge in [0.15, 0.2) is 5.11 Å². The van der Waals surface area contributed by atoms with Gasteiger partial charge in [0.05, 0.1) is 18.3 Å². The molecule has 1 N–H and O–H groups in total. The van der Waals surface area contributed by atoms with E-state index in [1.807, 2.05) is 43.3 Å². The Morgan fingerprint density at radius 3 is 2.75 bits per heavy atom. The number of fused-ring (bicyclic) bond motifs is 4. The van der Waals surface area contributed by atoms with Crippen LogP contribution in [0.2, 0.25) is 0 Å². The fourth-order valence-electron chi connectivity index (χ4n) is 4.50. The second kappa shape index (κ2) is 6.34. The van der Waals surface area contributed by atoms with Crippen molar-refractivity contribution < 1.29 is 9.53 Å². The molecule has 1 fully saturated rings. The zero-order valence-corrected chi connectivity index (χ0v) is 16.6. The third-order valence-corrected chi connectivity index (χ3v) is 6.13. The van der Waals surface area contributed by atoms with E-state index >= 15 is 0 Å². The largest absolute Gasteiger partial charge is 0.492 e. The Bertz CT molecular complexity index is 1110. The van der Waals surface area contributed by atoms with Gasteiger partial charge in [-0.3, -0.25) is 9.69 Å². The molecule has 5 rings (SSSR count). The third kappa shape index (κ3) is 2.31. The molecule has 0 spiro atoms. The zero-order chi connectivity index (χ0) is 19.4. The highest BCUT2D eigenvalue weighted by molar-refractivity contribution is 7.80. The molecule has 1 aromatic heterocycles. The van der Waals surface area contributed by atoms with Crippen molar-refractivity contribution in [2.45, 2.75) is 32.4 Å². The summed E-state index contributed by atoms with van der Waals surface area (Å²) < 4.78 is 5.75. The van der Waals surface area contributed by atoms with E-state index in [0.717, 1.165) is 16.9 Å². The molecule has 3 aromatic rings. The van der Waals surface area contributed by atoms with Crippen LogP contribution in [0, 0.1) is 0 Å². The number of thiocarbonyl (C=S) groups is 1. The van der Waals surface area contributed by atoms with Crippen LogP contribution < -0.4 is 9.64 Å². The summed E-state index contributed by atoms with van der Waals surface area (Å²) in [6.07, 6.45) is 0.649. The van der Waals surface area contributed by atoms with E-state index in [4.69, 9.17) is 17.0 Å². The summed E-state index contributed by atoms with van der Waals surface area (Å²) >= 11 is 5.79. The SMILES string of the molecule is CCOc1ccccc1N1C(=O)[C@H]2Cc3c([nH]c4ccccc34)[C@@H](C)N2C1=S. The van der Waals surface area contributed by atoms with Gasteiger partial charge in [0.1, 0.15) is 11.8 Å². The van der Waals surface area contributed by atoms with E-state index < -0.39 is 0 Å². The van der Waals surface area contributed by atoms with E-state index in [-0.39, 0.29) is 18.0 Å². The van der Waals surface area contributed by atoms with Crippen molar-refractivity contribution >= 4 is 39.8 Å². The molecule has 5 nitrogen and oxygen atoms in total. The Hall–Kier alpha value is -2.86. The second-order valence-electron chi connectivity index (χ2n) is 7.22. The van der Waals surface area contributed by atoms with Gasteiger partial charge < -0.3 is 14.6 Å². The smallest absolute Gasteiger partial charge is 0.256 e. The number of amides is 1. The molecule has 3 heterocycles. The molecule has 1 saturated heterocycles. The summed E-state index contributed by atoms with van der Waals surface area (Å²) in [5.41, 5.74) is 4.19. The summed E-state index contributed by atoms with van der Waals surface area (Å²) in [5.74, 6) is 0.692. The van der Waals surface area contributed by atoms with Crippen LogP contribution in [-0.2, 0) is 11.2 Å². The van der Waals surface area contributed by atoms with Crippen LogP contribution in [0.4, 0.5) is 5.69 Å². The maximum atomic E-state index is 13.5. The molecule has 142 valence electrons. The molecular weight excluding hydrogens is 370 g/mol. The Morgan fingerprint density at radius 2 is 1.93 bits per heavy atom. The number of aromatic amines is 1. The third-order valence-electron chi connectivity index (χ3n) is 5.74. The molecule has 0 aliphatic carbocycles. The molecule has 0 saturated carbocycles. The maximum absolute atomic E-state index is 13.5. The number of H-pyrrole nitrogens is 1. The Labute approximate surface area is 168 Å². The van der Waals surface area contributed by atoms with Gasteiger partial charge in [0.25, 0.3) is 5.91 Å². The molecule has 0 bridgehead atoms. The fraction of sp³-hybridized carbons (Fsp3) is 0.273. The molecule has 0 unspecified atom stereocenters. The quantitative estimate of drug-likeness (QED) is 0.681. The highest BCUT2D eigenvalue weighted by atomic mass is 32.1. The highest BCUT2D eigenvalue weighted by Crippen LogP contribution is 2.43. The normalized spacial score (nSPS) is 21.2. The zero-order valence-electron chi connectivity index (χ0n) is 15.8. The first kappa shape index (κ1) is 17.3. The molecule has 2 aromatic carbocycles. The summed E-state index contributed by atoms with van der Waals surface area (Å²) in [6.45, 7) is 4.58. The van der Waals surface area contributed by atoms with Crippen molar-refractivity contribution in [1.29, 1.82) is 0 Å². The van der Waals surface area contributed by atoms with E-state index in [0.29, 0.717) is 23.9 Å². The number of rotatable bonds is 3. The molecule has 28 heavy (non-hydrogen) atoms. The number of carbonyl (C=O) groups is 1. The number of anilines is 1. The van der Waals surface area contributed by atoms with Crippen LogP contribution in [0.5, 0.6) is 5.75 Å². The van der Waals surface area contributed by atoms with Crippen LogP contribution >= 0.6 is 12.2 Å². The monoisotopic (exact) mass is 391 g/mol. The molecule has 6 heteroatoms. The summed E-state index contributed by atoms with van der Waals surface area (Å²) in [4.78, 5) is 20.7. The summed E-state index contributed by atoms with van der Waals surface area (Å²) in [5, 5.41) is 1.73. The number of carbonyl (C=O) groups excluding carboxylic acids is 1. The minimum atomic E-state index is -0.288. The average Bonchev–Trinajstić information content (AvgIpc) is 3.19. The number of benzene rings is 2. The summed E-state index contributed by atoms with van der Waals surface area (Å²) in [7, 11) is 0. The van der Waals surface area contributed by atoms with Crippen molar-refractivity contribution in [1.82, 2.24) is 9.88 Å². The Morgan fingerprint density at radius 1 is 1.18 bits per heavy atom. The first-order valence-electron chi connectivity index (χ1n) is 9.59. The van der Waals surface area contributed by atoms with Crippen molar-refractivity contribution in [2.75, 3.05) is 11.5 Å². The average molecular weight is 391 g/mol. The summed E-state index contributed by atoms with van der Waals surface area (Å²) in [6, 6.07) is 15.6. The molecule has 1 amide bonds. The van der Waals surface area contributed by atoms with Gasteiger partial charge in [-0.25, -0.2) is 0 Å².